The zero-order valence-corrected chi connectivity index (χ0v) is 32.6. The number of nitrogens with zero attached hydrogens (tertiary/aromatic N) is 5. The number of pyridine rings is 2. The molecule has 0 saturated carbocycles. The summed E-state index contributed by atoms with van der Waals surface area (Å²) < 4.78 is 4.64. The Morgan fingerprint density at radius 1 is 0.556 bits per heavy atom. The number of aryl methyl sites for hydroxylation is 3. The maximum Gasteiger partial charge on any atom is 0.146 e. The number of para-hydroxylation sites is 1. The van der Waals surface area contributed by atoms with Gasteiger partial charge in [0.15, 0.2) is 0 Å². The molecule has 9 rings (SSSR count). The number of hydrogen-bond acceptors (Lipinski definition) is 3. The molecule has 0 amide bonds. The van der Waals surface area contributed by atoms with Gasteiger partial charge >= 0.3 is 0 Å². The van der Waals surface area contributed by atoms with Crippen molar-refractivity contribution in [3.63, 3.8) is 0 Å². The van der Waals surface area contributed by atoms with E-state index in [-0.39, 0.29) is 10.8 Å². The molecule has 268 valence electrons. The van der Waals surface area contributed by atoms with E-state index in [0.29, 0.717) is 0 Å². The van der Waals surface area contributed by atoms with Gasteiger partial charge < -0.3 is 0 Å². The smallest absolute Gasteiger partial charge is 0.146 e. The highest BCUT2D eigenvalue weighted by molar-refractivity contribution is 6.11. The molecule has 6 heteroatoms. The van der Waals surface area contributed by atoms with Crippen LogP contribution in [0.3, 0.4) is 0 Å². The van der Waals surface area contributed by atoms with Crippen LogP contribution >= 0.6 is 0 Å². The van der Waals surface area contributed by atoms with Crippen molar-refractivity contribution in [2.24, 2.45) is 0 Å². The van der Waals surface area contributed by atoms with E-state index in [1.165, 1.54) is 49.5 Å². The number of aromatic amines is 1. The number of rotatable bonds is 4. The summed E-state index contributed by atoms with van der Waals surface area (Å²) in [6.45, 7) is 20.0. The van der Waals surface area contributed by atoms with Crippen LogP contribution in [0.4, 0.5) is 0 Å². The van der Waals surface area contributed by atoms with Crippen LogP contribution in [0.1, 0.15) is 69.4 Å². The molecule has 0 fully saturated rings. The maximum atomic E-state index is 5.43. The number of aromatic nitrogens is 6. The lowest BCUT2D eigenvalue weighted by Gasteiger charge is -2.20. The third-order valence-electron chi connectivity index (χ3n) is 11.0. The van der Waals surface area contributed by atoms with Gasteiger partial charge in [0.2, 0.25) is 0 Å². The molecule has 0 atom stereocenters. The molecule has 0 aliphatic carbocycles. The minimum absolute atomic E-state index is 0.00296. The molecule has 9 aromatic rings. The Morgan fingerprint density at radius 2 is 1.24 bits per heavy atom. The van der Waals surface area contributed by atoms with Crippen molar-refractivity contribution in [3.05, 3.63) is 137 Å². The number of benzene rings is 4. The summed E-state index contributed by atoms with van der Waals surface area (Å²) in [6.07, 6.45) is 1.94. The van der Waals surface area contributed by atoms with Gasteiger partial charge in [0.1, 0.15) is 11.5 Å². The minimum Gasteiger partial charge on any atom is -0.294 e. The third kappa shape index (κ3) is 5.43. The van der Waals surface area contributed by atoms with E-state index in [1.807, 2.05) is 6.20 Å². The largest absolute Gasteiger partial charge is 0.294 e. The van der Waals surface area contributed by atoms with Crippen LogP contribution in [0, 0.1) is 20.8 Å². The summed E-state index contributed by atoms with van der Waals surface area (Å²) in [7, 11) is 0. The van der Waals surface area contributed by atoms with Gasteiger partial charge in [0.05, 0.1) is 33.6 Å². The van der Waals surface area contributed by atoms with Gasteiger partial charge in [0.25, 0.3) is 0 Å². The number of fused-ring (bicyclic) bond motifs is 6. The monoisotopic (exact) mass is 706 g/mol. The molecule has 0 aliphatic rings. The van der Waals surface area contributed by atoms with Gasteiger partial charge in [-0.1, -0.05) is 89.6 Å². The predicted octanol–water partition coefficient (Wildman–Crippen LogP) is 12.2. The molecule has 0 aliphatic heterocycles. The first kappa shape index (κ1) is 33.8. The average molecular weight is 707 g/mol. The fraction of sp³-hybridized carbons (Fsp3) is 0.229. The van der Waals surface area contributed by atoms with Crippen LogP contribution in [-0.4, -0.2) is 29.3 Å². The summed E-state index contributed by atoms with van der Waals surface area (Å²) in [5.41, 5.74) is 15.4. The van der Waals surface area contributed by atoms with Crippen LogP contribution in [0.2, 0.25) is 0 Å². The van der Waals surface area contributed by atoms with Gasteiger partial charge in [-0.25, -0.2) is 9.97 Å². The van der Waals surface area contributed by atoms with Crippen molar-refractivity contribution in [1.82, 2.24) is 29.3 Å². The van der Waals surface area contributed by atoms with E-state index in [1.54, 1.807) is 0 Å². The Morgan fingerprint density at radius 3 is 2.00 bits per heavy atom. The first-order valence-corrected chi connectivity index (χ1v) is 18.9. The van der Waals surface area contributed by atoms with E-state index in [4.69, 9.17) is 15.1 Å². The van der Waals surface area contributed by atoms with Gasteiger partial charge in [-0.15, -0.1) is 0 Å². The summed E-state index contributed by atoms with van der Waals surface area (Å²) in [6, 6.07) is 37.6. The van der Waals surface area contributed by atoms with Crippen LogP contribution in [0.15, 0.2) is 109 Å². The van der Waals surface area contributed by atoms with Crippen molar-refractivity contribution in [3.8, 4) is 34.2 Å². The second-order valence-electron chi connectivity index (χ2n) is 17.0. The normalized spacial score (nSPS) is 12.5. The zero-order chi connectivity index (χ0) is 37.7. The lowest BCUT2D eigenvalue weighted by molar-refractivity contribution is 0.588. The lowest BCUT2D eigenvalue weighted by atomic mass is 9.86. The second kappa shape index (κ2) is 12.0. The molecule has 5 heterocycles. The molecule has 54 heavy (non-hydrogen) atoms. The fourth-order valence-corrected chi connectivity index (χ4v) is 8.28. The molecular weight excluding hydrogens is 661 g/mol. The van der Waals surface area contributed by atoms with Gasteiger partial charge in [-0.2, -0.15) is 5.10 Å². The second-order valence-corrected chi connectivity index (χ2v) is 17.0. The Labute approximate surface area is 316 Å². The molecule has 4 aromatic carbocycles. The van der Waals surface area contributed by atoms with Crippen LogP contribution in [-0.2, 0) is 10.8 Å². The van der Waals surface area contributed by atoms with E-state index >= 15 is 0 Å². The van der Waals surface area contributed by atoms with E-state index in [2.05, 4.69) is 180 Å². The Hall–Kier alpha value is -6.01. The first-order valence-electron chi connectivity index (χ1n) is 18.9. The third-order valence-corrected chi connectivity index (χ3v) is 11.0. The van der Waals surface area contributed by atoms with Gasteiger partial charge in [-0.3, -0.25) is 14.2 Å². The highest BCUT2D eigenvalue weighted by Crippen LogP contribution is 2.39. The minimum atomic E-state index is -0.00686. The van der Waals surface area contributed by atoms with E-state index < -0.39 is 0 Å². The zero-order valence-electron chi connectivity index (χ0n) is 32.6. The molecule has 0 unspecified atom stereocenters. The molecule has 0 bridgehead atoms. The number of H-pyrrole nitrogens is 1. The molecule has 0 saturated heterocycles. The summed E-state index contributed by atoms with van der Waals surface area (Å²) in [5.74, 6) is 0.914. The summed E-state index contributed by atoms with van der Waals surface area (Å²) >= 11 is 0. The van der Waals surface area contributed by atoms with Crippen molar-refractivity contribution < 1.29 is 0 Å². The Balaban J connectivity index is 1.29. The van der Waals surface area contributed by atoms with Crippen molar-refractivity contribution in [2.45, 2.75) is 73.1 Å². The molecule has 5 aromatic heterocycles. The highest BCUT2D eigenvalue weighted by atomic mass is 15.1. The van der Waals surface area contributed by atoms with E-state index in [0.717, 1.165) is 56.2 Å². The Bertz CT molecular complexity index is 2910. The maximum absolute atomic E-state index is 5.43. The number of nitrogens with one attached hydrogen (secondary N) is 1. The summed E-state index contributed by atoms with van der Waals surface area (Å²) in [5, 5.41) is 12.8. The van der Waals surface area contributed by atoms with Crippen LogP contribution in [0.25, 0.3) is 77.9 Å². The lowest BCUT2D eigenvalue weighted by Crippen LogP contribution is -2.12. The SMILES string of the molecule is Cc1cc(C)c(-c2cc(-c3ccc4c5cc(C(C)(C)C)ccc5n(-c5ccc6c7ccccc7n(-c7cc(C(C)(C)C)ccn7)c6c5)c4n3)[nH]n2)c(C)c1. The molecular formula is C48H46N6. The predicted molar refractivity (Wildman–Crippen MR) is 225 cm³/mol. The highest BCUT2D eigenvalue weighted by Gasteiger charge is 2.22. The van der Waals surface area contributed by atoms with Gasteiger partial charge in [-0.05, 0) is 115 Å². The van der Waals surface area contributed by atoms with E-state index in [9.17, 15) is 0 Å². The molecule has 1 N–H and O–H groups in total. The standard InChI is InChI=1S/C48H46N6/c1-28-22-29(2)45(30(3)23-28)40-27-39(51-52-40)38-18-17-36-37-24-31(47(4,5)6)14-19-42(37)53(46(36)50-38)33-15-16-35-34-12-10-11-13-41(34)54(43(35)26-33)44-25-32(20-21-49-44)48(7,8)9/h10-27H,1-9H3,(H,51,52). The van der Waals surface area contributed by atoms with Crippen LogP contribution in [0.5, 0.6) is 0 Å². The first-order chi connectivity index (χ1) is 25.8. The van der Waals surface area contributed by atoms with Crippen molar-refractivity contribution >= 4 is 43.7 Å². The van der Waals surface area contributed by atoms with Gasteiger partial charge in [0, 0.05) is 39.0 Å². The summed E-state index contributed by atoms with van der Waals surface area (Å²) in [4.78, 5) is 10.4. The fourth-order valence-electron chi connectivity index (χ4n) is 8.28. The topological polar surface area (TPSA) is 64.3 Å². The quantitative estimate of drug-likeness (QED) is 0.198. The number of hydrogen-bond donors (Lipinski definition) is 1. The average Bonchev–Trinajstić information content (AvgIpc) is 3.82. The molecule has 0 radical (unpaired) electrons. The Kier molecular flexibility index (Phi) is 7.51. The molecule has 0 spiro atoms. The molecule has 6 nitrogen and oxygen atoms in total. The van der Waals surface area contributed by atoms with Crippen molar-refractivity contribution in [1.29, 1.82) is 0 Å². The van der Waals surface area contributed by atoms with Crippen molar-refractivity contribution in [2.75, 3.05) is 0 Å². The van der Waals surface area contributed by atoms with Crippen LogP contribution < -0.4 is 0 Å².